The van der Waals surface area contributed by atoms with Crippen LogP contribution in [-0.2, 0) is 11.2 Å². The van der Waals surface area contributed by atoms with Crippen LogP contribution < -0.4 is 10.1 Å². The topological polar surface area (TPSA) is 62.1 Å². The molecule has 156 valence electrons. The van der Waals surface area contributed by atoms with Crippen LogP contribution in [-0.4, -0.2) is 13.0 Å². The molecule has 0 unspecified atom stereocenters. The van der Waals surface area contributed by atoms with Crippen LogP contribution >= 0.6 is 11.6 Å². The van der Waals surface area contributed by atoms with Gasteiger partial charge in [-0.05, 0) is 60.0 Å². The maximum Gasteiger partial charge on any atom is 0.266 e. The number of aryl methyl sites for hydroxylation is 1. The van der Waals surface area contributed by atoms with E-state index < -0.39 is 5.91 Å². The number of methoxy groups -OCH3 is 1. The molecule has 3 aromatic carbocycles. The fourth-order valence-electron chi connectivity index (χ4n) is 3.14. The van der Waals surface area contributed by atoms with Crippen molar-refractivity contribution in [2.75, 3.05) is 12.4 Å². The Morgan fingerprint density at radius 3 is 2.65 bits per heavy atom. The number of carbonyl (C=O) groups is 1. The molecule has 0 bridgehead atoms. The highest BCUT2D eigenvalue weighted by Gasteiger charge is 2.15. The van der Waals surface area contributed by atoms with Crippen molar-refractivity contribution in [3.05, 3.63) is 99.3 Å². The third-order valence-electron chi connectivity index (χ3n) is 4.67. The van der Waals surface area contributed by atoms with Gasteiger partial charge in [-0.15, -0.1) is 0 Å². The van der Waals surface area contributed by atoms with Crippen molar-refractivity contribution < 1.29 is 13.9 Å². The van der Waals surface area contributed by atoms with E-state index in [1.807, 2.05) is 31.2 Å². The first-order chi connectivity index (χ1) is 14.9. The predicted molar refractivity (Wildman–Crippen MR) is 121 cm³/mol. The SMILES string of the molecule is COc1cc(/C=C(\C#N)C(=O)Nc2cccc(C)c2)cc(Cl)c1Cc1ccccc1F. The van der Waals surface area contributed by atoms with Crippen molar-refractivity contribution in [1.29, 1.82) is 5.26 Å². The maximum atomic E-state index is 14.1. The summed E-state index contributed by atoms with van der Waals surface area (Å²) in [5.41, 5.74) is 3.14. The molecule has 0 fully saturated rings. The zero-order chi connectivity index (χ0) is 22.4. The largest absolute Gasteiger partial charge is 0.496 e. The quantitative estimate of drug-likeness (QED) is 0.386. The molecule has 3 rings (SSSR count). The van der Waals surface area contributed by atoms with Gasteiger partial charge in [-0.2, -0.15) is 5.26 Å². The molecule has 0 saturated heterocycles. The molecule has 4 nitrogen and oxygen atoms in total. The van der Waals surface area contributed by atoms with Gasteiger partial charge in [0.15, 0.2) is 0 Å². The average Bonchev–Trinajstić information content (AvgIpc) is 2.74. The van der Waals surface area contributed by atoms with E-state index >= 15 is 0 Å². The van der Waals surface area contributed by atoms with E-state index in [4.69, 9.17) is 16.3 Å². The summed E-state index contributed by atoms with van der Waals surface area (Å²) in [6.07, 6.45) is 1.68. The zero-order valence-electron chi connectivity index (χ0n) is 17.1. The number of amides is 1. The minimum atomic E-state index is -0.529. The van der Waals surface area contributed by atoms with E-state index in [-0.39, 0.29) is 17.8 Å². The highest BCUT2D eigenvalue weighted by molar-refractivity contribution is 6.31. The molecule has 1 amide bonds. The van der Waals surface area contributed by atoms with Gasteiger partial charge >= 0.3 is 0 Å². The van der Waals surface area contributed by atoms with Crippen LogP contribution in [0.4, 0.5) is 10.1 Å². The second-order valence-corrected chi connectivity index (χ2v) is 7.35. The van der Waals surface area contributed by atoms with E-state index in [1.54, 1.807) is 36.4 Å². The van der Waals surface area contributed by atoms with E-state index in [0.29, 0.717) is 33.1 Å². The molecule has 0 radical (unpaired) electrons. The number of ether oxygens (including phenoxy) is 1. The maximum absolute atomic E-state index is 14.1. The van der Waals surface area contributed by atoms with Gasteiger partial charge in [0.25, 0.3) is 5.91 Å². The van der Waals surface area contributed by atoms with Gasteiger partial charge in [0.1, 0.15) is 23.2 Å². The third-order valence-corrected chi connectivity index (χ3v) is 5.01. The predicted octanol–water partition coefficient (Wildman–Crippen LogP) is 5.93. The Morgan fingerprint density at radius 2 is 1.97 bits per heavy atom. The highest BCUT2D eigenvalue weighted by Crippen LogP contribution is 2.32. The second-order valence-electron chi connectivity index (χ2n) is 6.95. The van der Waals surface area contributed by atoms with Crippen LogP contribution in [0.25, 0.3) is 6.08 Å². The number of benzene rings is 3. The Hall–Kier alpha value is -3.62. The van der Waals surface area contributed by atoms with Crippen LogP contribution in [0.2, 0.25) is 5.02 Å². The van der Waals surface area contributed by atoms with Gasteiger partial charge in [0.2, 0.25) is 0 Å². The monoisotopic (exact) mass is 434 g/mol. The zero-order valence-corrected chi connectivity index (χ0v) is 17.8. The van der Waals surface area contributed by atoms with Crippen molar-refractivity contribution in [2.24, 2.45) is 0 Å². The normalized spacial score (nSPS) is 11.0. The Bertz CT molecular complexity index is 1200. The molecule has 0 spiro atoms. The molecule has 0 atom stereocenters. The molecule has 6 heteroatoms. The van der Waals surface area contributed by atoms with Crippen molar-refractivity contribution >= 4 is 29.3 Å². The average molecular weight is 435 g/mol. The van der Waals surface area contributed by atoms with E-state index in [0.717, 1.165) is 5.56 Å². The lowest BCUT2D eigenvalue weighted by atomic mass is 10.0. The number of hydrogen-bond donors (Lipinski definition) is 1. The molecule has 1 N–H and O–H groups in total. The standard InChI is InChI=1S/C25H20ClFN2O2/c1-16-6-5-8-20(10-16)29-25(30)19(15-28)11-17-12-22(26)21(24(13-17)31-2)14-18-7-3-4-9-23(18)27/h3-13H,14H2,1-2H3,(H,29,30)/b19-11+. The summed E-state index contributed by atoms with van der Waals surface area (Å²) in [4.78, 5) is 12.5. The number of rotatable bonds is 6. The summed E-state index contributed by atoms with van der Waals surface area (Å²) in [6.45, 7) is 1.91. The van der Waals surface area contributed by atoms with E-state index in [2.05, 4.69) is 5.32 Å². The van der Waals surface area contributed by atoms with Gasteiger partial charge in [-0.3, -0.25) is 4.79 Å². The van der Waals surface area contributed by atoms with Crippen molar-refractivity contribution in [3.8, 4) is 11.8 Å². The number of anilines is 1. The molecular weight excluding hydrogens is 415 g/mol. The number of nitriles is 1. The highest BCUT2D eigenvalue weighted by atomic mass is 35.5. The fourth-order valence-corrected chi connectivity index (χ4v) is 3.42. The van der Waals surface area contributed by atoms with E-state index in [9.17, 15) is 14.4 Å². The molecule has 0 aliphatic carbocycles. The molecule has 3 aromatic rings. The lowest BCUT2D eigenvalue weighted by Gasteiger charge is -2.13. The number of hydrogen-bond acceptors (Lipinski definition) is 3. The number of halogens is 2. The van der Waals surface area contributed by atoms with E-state index in [1.165, 1.54) is 19.3 Å². The van der Waals surface area contributed by atoms with Crippen LogP contribution in [0.1, 0.15) is 22.3 Å². The van der Waals surface area contributed by atoms with Crippen LogP contribution in [0, 0.1) is 24.1 Å². The van der Waals surface area contributed by atoms with Crippen molar-refractivity contribution in [3.63, 3.8) is 0 Å². The minimum Gasteiger partial charge on any atom is -0.496 e. The number of nitrogens with one attached hydrogen (secondary N) is 1. The van der Waals surface area contributed by atoms with Crippen molar-refractivity contribution in [2.45, 2.75) is 13.3 Å². The number of carbonyl (C=O) groups excluding carboxylic acids is 1. The Labute approximate surface area is 185 Å². The Morgan fingerprint density at radius 1 is 1.19 bits per heavy atom. The number of nitrogens with zero attached hydrogens (tertiary/aromatic N) is 1. The summed E-state index contributed by atoms with van der Waals surface area (Å²) in [5, 5.41) is 12.5. The molecule has 0 aliphatic rings. The lowest BCUT2D eigenvalue weighted by Crippen LogP contribution is -2.13. The molecule has 0 saturated carbocycles. The third kappa shape index (κ3) is 5.50. The first-order valence-corrected chi connectivity index (χ1v) is 9.88. The van der Waals surface area contributed by atoms with Gasteiger partial charge in [-0.25, -0.2) is 4.39 Å². The minimum absolute atomic E-state index is 0.0820. The summed E-state index contributed by atoms with van der Waals surface area (Å²) in [7, 11) is 1.49. The smallest absolute Gasteiger partial charge is 0.266 e. The second kappa shape index (κ2) is 9.92. The first-order valence-electron chi connectivity index (χ1n) is 9.51. The lowest BCUT2D eigenvalue weighted by molar-refractivity contribution is -0.112. The van der Waals surface area contributed by atoms with Gasteiger partial charge < -0.3 is 10.1 Å². The molecular formula is C25H20ClFN2O2. The molecule has 0 aromatic heterocycles. The summed E-state index contributed by atoms with van der Waals surface area (Å²) >= 11 is 6.45. The molecule has 31 heavy (non-hydrogen) atoms. The Balaban J connectivity index is 1.90. The van der Waals surface area contributed by atoms with Crippen LogP contribution in [0.3, 0.4) is 0 Å². The summed E-state index contributed by atoms with van der Waals surface area (Å²) in [5.74, 6) is -0.416. The van der Waals surface area contributed by atoms with Crippen molar-refractivity contribution in [1.82, 2.24) is 0 Å². The van der Waals surface area contributed by atoms with Gasteiger partial charge in [-0.1, -0.05) is 41.9 Å². The van der Waals surface area contributed by atoms with Gasteiger partial charge in [0, 0.05) is 22.7 Å². The van der Waals surface area contributed by atoms with Crippen LogP contribution in [0.15, 0.2) is 66.2 Å². The molecule has 0 heterocycles. The van der Waals surface area contributed by atoms with Gasteiger partial charge in [0.05, 0.1) is 7.11 Å². The Kier molecular flexibility index (Phi) is 7.07. The summed E-state index contributed by atoms with van der Waals surface area (Å²) in [6, 6.07) is 18.9. The summed E-state index contributed by atoms with van der Waals surface area (Å²) < 4.78 is 19.5. The van der Waals surface area contributed by atoms with Crippen LogP contribution in [0.5, 0.6) is 5.75 Å². The molecule has 0 aliphatic heterocycles. The first kappa shape index (κ1) is 22.1. The fraction of sp³-hybridized carbons (Fsp3) is 0.120.